The Morgan fingerprint density at radius 2 is 1.67 bits per heavy atom. The molecule has 6 nitrogen and oxygen atoms in total. The number of carboxylic acids is 1. The fourth-order valence-electron chi connectivity index (χ4n) is 3.04. The Balaban J connectivity index is 1.90. The number of carbonyl (C=O) groups is 2. The Kier molecular flexibility index (Phi) is 5.83. The zero-order chi connectivity index (χ0) is 17.9. The first-order chi connectivity index (χ1) is 11.3. The van der Waals surface area contributed by atoms with Crippen molar-refractivity contribution in [3.8, 4) is 0 Å². The van der Waals surface area contributed by atoms with Crippen LogP contribution in [0.1, 0.15) is 29.5 Å². The number of nitrogens with two attached hydrogens (primary N) is 1. The summed E-state index contributed by atoms with van der Waals surface area (Å²) in [6.45, 7) is 9.25. The van der Waals surface area contributed by atoms with Crippen LogP contribution in [-0.4, -0.2) is 54.1 Å². The molecular formula is C18H27N3O3. The van der Waals surface area contributed by atoms with Gasteiger partial charge in [-0.05, 0) is 49.9 Å². The molecule has 1 aliphatic heterocycles. The van der Waals surface area contributed by atoms with E-state index < -0.39 is 12.0 Å². The predicted octanol–water partition coefficient (Wildman–Crippen LogP) is 1.45. The van der Waals surface area contributed by atoms with Crippen molar-refractivity contribution >= 4 is 17.6 Å². The quantitative estimate of drug-likeness (QED) is 0.852. The van der Waals surface area contributed by atoms with Gasteiger partial charge >= 0.3 is 5.97 Å². The summed E-state index contributed by atoms with van der Waals surface area (Å²) in [5, 5.41) is 8.78. The minimum atomic E-state index is -1.06. The van der Waals surface area contributed by atoms with E-state index >= 15 is 0 Å². The third kappa shape index (κ3) is 4.26. The number of carboxylic acid groups (broad SMARTS) is 1. The van der Waals surface area contributed by atoms with E-state index in [9.17, 15) is 9.59 Å². The van der Waals surface area contributed by atoms with E-state index in [1.165, 1.54) is 22.4 Å². The van der Waals surface area contributed by atoms with Gasteiger partial charge in [-0.2, -0.15) is 0 Å². The summed E-state index contributed by atoms with van der Waals surface area (Å²) in [7, 11) is 0. The molecular weight excluding hydrogens is 306 g/mol. The molecule has 1 aliphatic rings. The van der Waals surface area contributed by atoms with Crippen molar-refractivity contribution in [2.24, 2.45) is 5.73 Å². The number of nitrogens with zero attached hydrogens (tertiary/aromatic N) is 2. The fraction of sp³-hybridized carbons (Fsp3) is 0.556. The van der Waals surface area contributed by atoms with Crippen molar-refractivity contribution in [3.63, 3.8) is 0 Å². The topological polar surface area (TPSA) is 86.9 Å². The molecule has 24 heavy (non-hydrogen) atoms. The molecule has 3 N–H and O–H groups in total. The Hall–Kier alpha value is -2.08. The van der Waals surface area contributed by atoms with Crippen LogP contribution in [0.4, 0.5) is 5.69 Å². The van der Waals surface area contributed by atoms with E-state index in [-0.39, 0.29) is 18.7 Å². The highest BCUT2D eigenvalue weighted by atomic mass is 16.4. The van der Waals surface area contributed by atoms with Crippen LogP contribution >= 0.6 is 0 Å². The van der Waals surface area contributed by atoms with E-state index in [4.69, 9.17) is 10.8 Å². The second-order valence-electron chi connectivity index (χ2n) is 6.57. The van der Waals surface area contributed by atoms with E-state index in [1.54, 1.807) is 4.90 Å². The van der Waals surface area contributed by atoms with Crippen molar-refractivity contribution in [2.75, 3.05) is 31.1 Å². The lowest BCUT2D eigenvalue weighted by atomic mass is 10.0. The molecule has 132 valence electrons. The molecule has 1 atom stereocenters. The van der Waals surface area contributed by atoms with Gasteiger partial charge in [-0.25, -0.2) is 0 Å². The summed E-state index contributed by atoms with van der Waals surface area (Å²) in [5.41, 5.74) is 10.5. The van der Waals surface area contributed by atoms with Gasteiger partial charge in [-0.15, -0.1) is 0 Å². The number of aliphatic carboxylic acids is 1. The maximum absolute atomic E-state index is 12.2. The molecule has 6 heteroatoms. The average Bonchev–Trinajstić information content (AvgIpc) is 2.55. The molecule has 0 bridgehead atoms. The summed E-state index contributed by atoms with van der Waals surface area (Å²) in [4.78, 5) is 27.0. The second-order valence-corrected chi connectivity index (χ2v) is 6.57. The van der Waals surface area contributed by atoms with Crippen molar-refractivity contribution < 1.29 is 14.7 Å². The first-order valence-electron chi connectivity index (χ1n) is 8.38. The van der Waals surface area contributed by atoms with Crippen LogP contribution < -0.4 is 10.6 Å². The minimum absolute atomic E-state index is 0.0110. The SMILES string of the molecule is Cc1cc(C)c(N2CCN(C(=O)CC[C@H](N)C(=O)O)CC2)cc1C. The van der Waals surface area contributed by atoms with Crippen LogP contribution in [0, 0.1) is 20.8 Å². The van der Waals surface area contributed by atoms with Crippen LogP contribution in [0.3, 0.4) is 0 Å². The molecule has 2 rings (SSSR count). The maximum atomic E-state index is 12.2. The molecule has 0 spiro atoms. The standard InChI is InChI=1S/C18H27N3O3/c1-12-10-14(3)16(11-13(12)2)20-6-8-21(9-7-20)17(22)5-4-15(19)18(23)24/h10-11,15H,4-9,19H2,1-3H3,(H,23,24)/t15-/m0/s1. The minimum Gasteiger partial charge on any atom is -0.480 e. The molecule has 0 aromatic heterocycles. The second kappa shape index (κ2) is 7.66. The van der Waals surface area contributed by atoms with E-state index in [0.29, 0.717) is 13.1 Å². The summed E-state index contributed by atoms with van der Waals surface area (Å²) < 4.78 is 0. The summed E-state index contributed by atoms with van der Waals surface area (Å²) in [6.07, 6.45) is 0.376. The largest absolute Gasteiger partial charge is 0.480 e. The molecule has 0 aliphatic carbocycles. The molecule has 1 aromatic carbocycles. The van der Waals surface area contributed by atoms with Gasteiger partial charge < -0.3 is 20.6 Å². The van der Waals surface area contributed by atoms with Crippen molar-refractivity contribution in [1.29, 1.82) is 0 Å². The van der Waals surface area contributed by atoms with Gasteiger partial charge in [-0.1, -0.05) is 6.07 Å². The molecule has 1 fully saturated rings. The number of amides is 1. The van der Waals surface area contributed by atoms with Gasteiger partial charge in [0.1, 0.15) is 6.04 Å². The molecule has 0 radical (unpaired) electrons. The normalized spacial score (nSPS) is 16.2. The summed E-state index contributed by atoms with van der Waals surface area (Å²) in [6, 6.07) is 3.46. The van der Waals surface area contributed by atoms with Crippen molar-refractivity contribution in [3.05, 3.63) is 28.8 Å². The van der Waals surface area contributed by atoms with Crippen LogP contribution in [0.15, 0.2) is 12.1 Å². The number of rotatable bonds is 5. The fourth-order valence-corrected chi connectivity index (χ4v) is 3.04. The number of aryl methyl sites for hydroxylation is 3. The highest BCUT2D eigenvalue weighted by Crippen LogP contribution is 2.25. The van der Waals surface area contributed by atoms with Crippen molar-refractivity contribution in [1.82, 2.24) is 4.90 Å². The lowest BCUT2D eigenvalue weighted by molar-refractivity contribution is -0.139. The Morgan fingerprint density at radius 3 is 2.25 bits per heavy atom. The summed E-state index contributed by atoms with van der Waals surface area (Å²) >= 11 is 0. The molecule has 1 amide bonds. The van der Waals surface area contributed by atoms with Gasteiger partial charge in [0.2, 0.25) is 5.91 Å². The third-order valence-electron chi connectivity index (χ3n) is 4.77. The lowest BCUT2D eigenvalue weighted by Gasteiger charge is -2.37. The van der Waals surface area contributed by atoms with Gasteiger partial charge in [0, 0.05) is 38.3 Å². The highest BCUT2D eigenvalue weighted by Gasteiger charge is 2.23. The third-order valence-corrected chi connectivity index (χ3v) is 4.77. The van der Waals surface area contributed by atoms with Gasteiger partial charge in [0.15, 0.2) is 0 Å². The Bertz CT molecular complexity index is 622. The number of benzene rings is 1. The van der Waals surface area contributed by atoms with Crippen LogP contribution in [-0.2, 0) is 9.59 Å². The van der Waals surface area contributed by atoms with Gasteiger partial charge in [-0.3, -0.25) is 9.59 Å². The van der Waals surface area contributed by atoms with Crippen LogP contribution in [0.2, 0.25) is 0 Å². The zero-order valence-electron chi connectivity index (χ0n) is 14.7. The lowest BCUT2D eigenvalue weighted by Crippen LogP contribution is -2.49. The number of hydrogen-bond acceptors (Lipinski definition) is 4. The van der Waals surface area contributed by atoms with E-state index in [0.717, 1.165) is 13.1 Å². The van der Waals surface area contributed by atoms with E-state index in [1.807, 2.05) is 0 Å². The summed E-state index contributed by atoms with van der Waals surface area (Å²) in [5.74, 6) is -1.07. The van der Waals surface area contributed by atoms with Crippen molar-refractivity contribution in [2.45, 2.75) is 39.7 Å². The number of carbonyl (C=O) groups excluding carboxylic acids is 1. The number of hydrogen-bond donors (Lipinski definition) is 2. The smallest absolute Gasteiger partial charge is 0.320 e. The van der Waals surface area contributed by atoms with Crippen LogP contribution in [0.5, 0.6) is 0 Å². The van der Waals surface area contributed by atoms with Crippen LogP contribution in [0.25, 0.3) is 0 Å². The molecule has 1 saturated heterocycles. The Morgan fingerprint density at radius 1 is 1.08 bits per heavy atom. The monoisotopic (exact) mass is 333 g/mol. The highest BCUT2D eigenvalue weighted by molar-refractivity contribution is 5.78. The zero-order valence-corrected chi connectivity index (χ0v) is 14.7. The first-order valence-corrected chi connectivity index (χ1v) is 8.38. The molecule has 0 saturated carbocycles. The average molecular weight is 333 g/mol. The van der Waals surface area contributed by atoms with E-state index in [2.05, 4.69) is 37.8 Å². The van der Waals surface area contributed by atoms with Gasteiger partial charge in [0.25, 0.3) is 0 Å². The molecule has 1 aromatic rings. The number of anilines is 1. The van der Waals surface area contributed by atoms with Gasteiger partial charge in [0.05, 0.1) is 0 Å². The molecule has 1 heterocycles. The predicted molar refractivity (Wildman–Crippen MR) is 94.3 cm³/mol. The number of piperazine rings is 1. The Labute approximate surface area is 143 Å². The first kappa shape index (κ1) is 18.3. The maximum Gasteiger partial charge on any atom is 0.320 e. The molecule has 0 unspecified atom stereocenters.